The molecule has 1 saturated heterocycles. The van der Waals surface area contributed by atoms with Crippen LogP contribution in [0.3, 0.4) is 0 Å². The van der Waals surface area contributed by atoms with Crippen molar-refractivity contribution in [3.05, 3.63) is 42.2 Å². The molecule has 0 bridgehead atoms. The molecule has 4 unspecified atom stereocenters. The molecule has 1 fully saturated rings. The summed E-state index contributed by atoms with van der Waals surface area (Å²) in [6, 6.07) is 8.52. The minimum absolute atomic E-state index is 0.135. The fourth-order valence-electron chi connectivity index (χ4n) is 2.77. The van der Waals surface area contributed by atoms with Crippen LogP contribution in [0, 0.1) is 0 Å². The molecular formula is C16H21N3S2. The van der Waals surface area contributed by atoms with E-state index >= 15 is 0 Å². The van der Waals surface area contributed by atoms with Gasteiger partial charge in [-0.2, -0.15) is 23.5 Å². The van der Waals surface area contributed by atoms with Gasteiger partial charge in [-0.05, 0) is 10.9 Å². The van der Waals surface area contributed by atoms with E-state index in [2.05, 4.69) is 42.5 Å². The number of nitrogens with one attached hydrogen (secondary N) is 1. The minimum atomic E-state index is 0.135. The molecule has 4 atom stereocenters. The number of nitrogens with zero attached hydrogens (tertiary/aromatic N) is 1. The number of pyridine rings is 1. The van der Waals surface area contributed by atoms with Gasteiger partial charge in [0.05, 0.1) is 6.04 Å². The van der Waals surface area contributed by atoms with E-state index in [1.807, 2.05) is 42.0 Å². The normalized spacial score (nSPS) is 27.7. The van der Waals surface area contributed by atoms with Crippen LogP contribution in [0.5, 0.6) is 0 Å². The van der Waals surface area contributed by atoms with Crippen molar-refractivity contribution in [2.45, 2.75) is 35.6 Å². The third kappa shape index (κ3) is 3.06. The molecule has 1 aliphatic rings. The van der Waals surface area contributed by atoms with Crippen LogP contribution in [0.1, 0.15) is 25.5 Å². The Kier molecular flexibility index (Phi) is 4.74. The second-order valence-corrected chi connectivity index (χ2v) is 8.54. The van der Waals surface area contributed by atoms with Crippen LogP contribution in [-0.4, -0.2) is 26.5 Å². The van der Waals surface area contributed by atoms with E-state index in [0.29, 0.717) is 15.7 Å². The minimum Gasteiger partial charge on any atom is -0.271 e. The summed E-state index contributed by atoms with van der Waals surface area (Å²) in [4.78, 5) is 4.40. The van der Waals surface area contributed by atoms with Gasteiger partial charge in [0.1, 0.15) is 0 Å². The summed E-state index contributed by atoms with van der Waals surface area (Å²) in [6.45, 7) is 4.62. The lowest BCUT2D eigenvalue weighted by molar-refractivity contribution is 0.552. The number of hydrazine groups is 1. The Morgan fingerprint density at radius 2 is 2.05 bits per heavy atom. The molecule has 1 aromatic heterocycles. The van der Waals surface area contributed by atoms with Crippen molar-refractivity contribution in [3.63, 3.8) is 0 Å². The summed E-state index contributed by atoms with van der Waals surface area (Å²) in [5.41, 5.74) is 4.25. The van der Waals surface area contributed by atoms with Crippen molar-refractivity contribution in [2.24, 2.45) is 5.84 Å². The lowest BCUT2D eigenvalue weighted by atomic mass is 10.00. The van der Waals surface area contributed by atoms with E-state index in [1.165, 1.54) is 16.3 Å². The van der Waals surface area contributed by atoms with Gasteiger partial charge >= 0.3 is 0 Å². The molecule has 112 valence electrons. The second-order valence-electron chi connectivity index (χ2n) is 5.51. The van der Waals surface area contributed by atoms with Crippen molar-refractivity contribution in [2.75, 3.05) is 5.75 Å². The number of fused-ring (bicyclic) bond motifs is 1. The largest absolute Gasteiger partial charge is 0.271 e. The summed E-state index contributed by atoms with van der Waals surface area (Å²) in [6.07, 6.45) is 3.88. The molecule has 3 nitrogen and oxygen atoms in total. The fraction of sp³-hybridized carbons (Fsp3) is 0.438. The predicted octanol–water partition coefficient (Wildman–Crippen LogP) is 3.36. The van der Waals surface area contributed by atoms with Gasteiger partial charge in [-0.3, -0.25) is 16.3 Å². The molecular weight excluding hydrogens is 298 g/mol. The molecule has 21 heavy (non-hydrogen) atoms. The molecule has 2 aromatic rings. The number of aromatic nitrogens is 1. The molecule has 0 radical (unpaired) electrons. The first-order valence-electron chi connectivity index (χ1n) is 7.26. The van der Waals surface area contributed by atoms with Crippen LogP contribution < -0.4 is 11.3 Å². The molecule has 0 amide bonds. The first-order chi connectivity index (χ1) is 10.2. The van der Waals surface area contributed by atoms with Crippen LogP contribution in [0.15, 0.2) is 36.7 Å². The van der Waals surface area contributed by atoms with Gasteiger partial charge in [0.2, 0.25) is 0 Å². The second kappa shape index (κ2) is 6.57. The highest BCUT2D eigenvalue weighted by molar-refractivity contribution is 8.07. The number of nitrogens with two attached hydrogens (primary N) is 1. The van der Waals surface area contributed by atoms with Crippen molar-refractivity contribution in [1.82, 2.24) is 10.4 Å². The van der Waals surface area contributed by atoms with Crippen molar-refractivity contribution in [3.8, 4) is 0 Å². The Morgan fingerprint density at radius 1 is 1.24 bits per heavy atom. The standard InChI is InChI=1S/C16H21N3S2/c1-10-11(2)21-15(9-20-10)16(19-17)14-8-18-7-12-5-3-4-6-13(12)14/h3-8,10-11,15-16,19H,9,17H2,1-2H3. The van der Waals surface area contributed by atoms with Crippen LogP contribution in [0.25, 0.3) is 10.8 Å². The molecule has 1 aromatic carbocycles. The third-order valence-electron chi connectivity index (χ3n) is 4.16. The third-order valence-corrected chi connectivity index (χ3v) is 7.65. The zero-order valence-electron chi connectivity index (χ0n) is 12.3. The quantitative estimate of drug-likeness (QED) is 0.671. The lowest BCUT2D eigenvalue weighted by Crippen LogP contribution is -2.40. The van der Waals surface area contributed by atoms with Gasteiger partial charge in [-0.15, -0.1) is 0 Å². The predicted molar refractivity (Wildman–Crippen MR) is 94.6 cm³/mol. The van der Waals surface area contributed by atoms with Crippen LogP contribution in [-0.2, 0) is 0 Å². The molecule has 0 spiro atoms. The highest BCUT2D eigenvalue weighted by atomic mass is 32.2. The van der Waals surface area contributed by atoms with Crippen LogP contribution in [0.2, 0.25) is 0 Å². The topological polar surface area (TPSA) is 50.9 Å². The highest BCUT2D eigenvalue weighted by Gasteiger charge is 2.32. The first kappa shape index (κ1) is 15.2. The zero-order valence-corrected chi connectivity index (χ0v) is 14.0. The maximum Gasteiger partial charge on any atom is 0.0608 e. The van der Waals surface area contributed by atoms with E-state index in [9.17, 15) is 0 Å². The van der Waals surface area contributed by atoms with E-state index in [1.54, 1.807) is 0 Å². The smallest absolute Gasteiger partial charge is 0.0608 e. The fourth-order valence-corrected chi connectivity index (χ4v) is 5.86. The summed E-state index contributed by atoms with van der Waals surface area (Å²) in [5, 5.41) is 4.24. The number of hydrogen-bond acceptors (Lipinski definition) is 5. The number of benzene rings is 1. The zero-order chi connectivity index (χ0) is 14.8. The van der Waals surface area contributed by atoms with Gasteiger partial charge in [0.25, 0.3) is 0 Å². The van der Waals surface area contributed by atoms with E-state index < -0.39 is 0 Å². The van der Waals surface area contributed by atoms with Crippen molar-refractivity contribution >= 4 is 34.3 Å². The Bertz CT molecular complexity index is 614. The monoisotopic (exact) mass is 319 g/mol. The van der Waals surface area contributed by atoms with Gasteiger partial charge in [0, 0.05) is 39.3 Å². The van der Waals surface area contributed by atoms with Crippen molar-refractivity contribution < 1.29 is 0 Å². The molecule has 1 aliphatic heterocycles. The van der Waals surface area contributed by atoms with Gasteiger partial charge in [0.15, 0.2) is 0 Å². The Balaban J connectivity index is 1.95. The number of hydrogen-bond donors (Lipinski definition) is 2. The molecule has 3 rings (SSSR count). The highest BCUT2D eigenvalue weighted by Crippen LogP contribution is 2.41. The molecule has 2 heterocycles. The van der Waals surface area contributed by atoms with Crippen molar-refractivity contribution in [1.29, 1.82) is 0 Å². The summed E-state index contributed by atoms with van der Waals surface area (Å²) in [7, 11) is 0. The molecule has 0 aliphatic carbocycles. The van der Waals surface area contributed by atoms with E-state index in [0.717, 1.165) is 5.75 Å². The van der Waals surface area contributed by atoms with Gasteiger partial charge in [-0.1, -0.05) is 38.1 Å². The first-order valence-corrected chi connectivity index (χ1v) is 9.25. The number of thioether (sulfide) groups is 2. The van der Waals surface area contributed by atoms with E-state index in [-0.39, 0.29) is 6.04 Å². The van der Waals surface area contributed by atoms with Gasteiger partial charge in [-0.25, -0.2) is 0 Å². The number of rotatable bonds is 3. The maximum absolute atomic E-state index is 5.91. The summed E-state index contributed by atoms with van der Waals surface area (Å²) < 4.78 is 0. The average Bonchev–Trinajstić information content (AvgIpc) is 2.52. The average molecular weight is 319 g/mol. The summed E-state index contributed by atoms with van der Waals surface area (Å²) >= 11 is 4.08. The summed E-state index contributed by atoms with van der Waals surface area (Å²) in [5.74, 6) is 7.03. The van der Waals surface area contributed by atoms with Crippen LogP contribution in [0.4, 0.5) is 0 Å². The molecule has 5 heteroatoms. The Hall–Kier alpha value is -0.750. The molecule has 3 N–H and O–H groups in total. The molecule has 0 saturated carbocycles. The van der Waals surface area contributed by atoms with E-state index in [4.69, 9.17) is 5.84 Å². The maximum atomic E-state index is 5.91. The van der Waals surface area contributed by atoms with Gasteiger partial charge < -0.3 is 0 Å². The lowest BCUT2D eigenvalue weighted by Gasteiger charge is -2.36. The SMILES string of the molecule is CC1SCC(C(NN)c2cncc3ccccc23)SC1C. The Labute approximate surface area is 134 Å². The Morgan fingerprint density at radius 3 is 2.81 bits per heavy atom. The van der Waals surface area contributed by atoms with Crippen LogP contribution >= 0.6 is 23.5 Å².